The second kappa shape index (κ2) is 5.13. The number of ether oxygens (including phenoxy) is 2. The fraction of sp³-hybridized carbons (Fsp3) is 0.647. The van der Waals surface area contributed by atoms with E-state index in [9.17, 15) is 4.39 Å². The highest BCUT2D eigenvalue weighted by molar-refractivity contribution is 6.18. The van der Waals surface area contributed by atoms with Crippen molar-refractivity contribution in [3.05, 3.63) is 29.6 Å². The Kier molecular flexibility index (Phi) is 3.38. The number of hydrogen-bond donors (Lipinski definition) is 0. The molecule has 1 aromatic rings. The minimum Gasteiger partial charge on any atom is -0.490 e. The monoisotopic (exact) mass is 310 g/mol. The summed E-state index contributed by atoms with van der Waals surface area (Å²) < 4.78 is 25.3. The molecule has 1 saturated carbocycles. The molecule has 21 heavy (non-hydrogen) atoms. The minimum absolute atomic E-state index is 0.0357. The van der Waals surface area contributed by atoms with Crippen molar-refractivity contribution >= 4 is 11.6 Å². The molecule has 2 heterocycles. The number of fused-ring (bicyclic) bond motifs is 1. The fourth-order valence-electron chi connectivity index (χ4n) is 4.02. The number of halogens is 2. The van der Waals surface area contributed by atoms with Gasteiger partial charge in [-0.15, -0.1) is 11.6 Å². The van der Waals surface area contributed by atoms with Crippen LogP contribution in [0.4, 0.5) is 4.39 Å². The van der Waals surface area contributed by atoms with Crippen molar-refractivity contribution in [3.63, 3.8) is 0 Å². The van der Waals surface area contributed by atoms with E-state index >= 15 is 0 Å². The van der Waals surface area contributed by atoms with Crippen molar-refractivity contribution in [1.29, 1.82) is 0 Å². The molecule has 0 N–H and O–H groups in total. The predicted octanol–water partition coefficient (Wildman–Crippen LogP) is 3.94. The molecule has 4 heteroatoms. The lowest BCUT2D eigenvalue weighted by molar-refractivity contribution is 0.0205. The Labute approximate surface area is 129 Å². The highest BCUT2D eigenvalue weighted by atomic mass is 35.5. The molecule has 0 amide bonds. The molecule has 4 rings (SSSR count). The van der Waals surface area contributed by atoms with E-state index in [-0.39, 0.29) is 17.3 Å². The van der Waals surface area contributed by atoms with Gasteiger partial charge in [-0.1, -0.05) is 0 Å². The van der Waals surface area contributed by atoms with Crippen molar-refractivity contribution in [3.8, 4) is 5.75 Å². The van der Waals surface area contributed by atoms with Crippen molar-refractivity contribution in [1.82, 2.24) is 0 Å². The molecule has 2 nitrogen and oxygen atoms in total. The molecule has 3 aliphatic rings. The van der Waals surface area contributed by atoms with Gasteiger partial charge in [0.25, 0.3) is 0 Å². The fourth-order valence-corrected chi connectivity index (χ4v) is 4.41. The third kappa shape index (κ3) is 2.44. The quantitative estimate of drug-likeness (QED) is 0.784. The maximum atomic E-state index is 13.3. The predicted molar refractivity (Wildman–Crippen MR) is 79.4 cm³/mol. The summed E-state index contributed by atoms with van der Waals surface area (Å²) in [5.41, 5.74) is 1.01. The lowest BCUT2D eigenvalue weighted by atomic mass is 9.75. The summed E-state index contributed by atoms with van der Waals surface area (Å²) in [6.07, 6.45) is 5.63. The van der Waals surface area contributed by atoms with E-state index in [4.69, 9.17) is 21.1 Å². The first-order valence-corrected chi connectivity index (χ1v) is 8.36. The lowest BCUT2D eigenvalue weighted by Gasteiger charge is -2.34. The maximum Gasteiger partial charge on any atom is 0.123 e. The van der Waals surface area contributed by atoms with E-state index in [0.717, 1.165) is 37.2 Å². The summed E-state index contributed by atoms with van der Waals surface area (Å²) in [6, 6.07) is 4.79. The lowest BCUT2D eigenvalue weighted by Crippen LogP contribution is -2.39. The molecule has 1 saturated heterocycles. The van der Waals surface area contributed by atoms with E-state index in [1.165, 1.54) is 18.9 Å². The molecule has 1 aromatic carbocycles. The van der Waals surface area contributed by atoms with Gasteiger partial charge < -0.3 is 9.47 Å². The Morgan fingerprint density at radius 3 is 2.95 bits per heavy atom. The van der Waals surface area contributed by atoms with Crippen LogP contribution < -0.4 is 4.74 Å². The summed E-state index contributed by atoms with van der Waals surface area (Å²) in [7, 11) is 0. The van der Waals surface area contributed by atoms with Crippen LogP contribution in [-0.2, 0) is 11.2 Å². The average molecular weight is 311 g/mol. The van der Waals surface area contributed by atoms with Crippen LogP contribution in [0.25, 0.3) is 0 Å². The highest BCUT2D eigenvalue weighted by Gasteiger charge is 2.52. The van der Waals surface area contributed by atoms with Crippen molar-refractivity contribution in [2.75, 3.05) is 12.5 Å². The smallest absolute Gasteiger partial charge is 0.123 e. The molecule has 2 fully saturated rings. The van der Waals surface area contributed by atoms with Gasteiger partial charge in [0.05, 0.1) is 6.10 Å². The van der Waals surface area contributed by atoms with Gasteiger partial charge in [-0.25, -0.2) is 4.39 Å². The third-order valence-corrected chi connectivity index (χ3v) is 5.75. The molecule has 3 unspecified atom stereocenters. The second-order valence-electron chi connectivity index (χ2n) is 6.77. The van der Waals surface area contributed by atoms with Crippen LogP contribution in [0.1, 0.15) is 31.2 Å². The van der Waals surface area contributed by atoms with Crippen LogP contribution in [-0.4, -0.2) is 24.7 Å². The van der Waals surface area contributed by atoms with Crippen molar-refractivity contribution < 1.29 is 13.9 Å². The van der Waals surface area contributed by atoms with Crippen molar-refractivity contribution in [2.24, 2.45) is 11.3 Å². The Balaban J connectivity index is 1.50. The van der Waals surface area contributed by atoms with E-state index in [2.05, 4.69) is 0 Å². The van der Waals surface area contributed by atoms with Crippen LogP contribution in [0.2, 0.25) is 0 Å². The third-order valence-electron chi connectivity index (χ3n) is 5.22. The standard InChI is InChI=1S/C17H20ClFO2/c18-10-17(5-6-20-16(17)11-1-2-11)9-14-8-12-7-13(19)3-4-15(12)21-14/h3-4,7,11,14,16H,1-2,5-6,8-10H2. The van der Waals surface area contributed by atoms with Gasteiger partial charge in [0.1, 0.15) is 17.7 Å². The van der Waals surface area contributed by atoms with Crippen LogP contribution in [0.15, 0.2) is 18.2 Å². The van der Waals surface area contributed by atoms with Gasteiger partial charge >= 0.3 is 0 Å². The van der Waals surface area contributed by atoms with E-state index in [0.29, 0.717) is 17.9 Å². The molecule has 1 aliphatic carbocycles. The second-order valence-corrected chi connectivity index (χ2v) is 7.04. The Morgan fingerprint density at radius 2 is 2.19 bits per heavy atom. The molecule has 0 spiro atoms. The molecule has 0 bridgehead atoms. The SMILES string of the molecule is Fc1ccc2c(c1)CC(CC1(CCl)CCOC1C1CC1)O2. The van der Waals surface area contributed by atoms with E-state index in [1.54, 1.807) is 12.1 Å². The first-order valence-electron chi connectivity index (χ1n) is 7.83. The maximum absolute atomic E-state index is 13.3. The molecule has 3 atom stereocenters. The topological polar surface area (TPSA) is 18.5 Å². The summed E-state index contributed by atoms with van der Waals surface area (Å²) in [4.78, 5) is 0. The molecule has 0 aromatic heterocycles. The van der Waals surface area contributed by atoms with E-state index < -0.39 is 0 Å². The Bertz CT molecular complexity index is 546. The summed E-state index contributed by atoms with van der Waals surface area (Å²) in [6.45, 7) is 0.808. The summed E-state index contributed by atoms with van der Waals surface area (Å²) in [5.74, 6) is 1.95. The van der Waals surface area contributed by atoms with Crippen LogP contribution in [0.3, 0.4) is 0 Å². The molecule has 0 radical (unpaired) electrons. The zero-order chi connectivity index (χ0) is 14.4. The first-order chi connectivity index (χ1) is 10.2. The zero-order valence-electron chi connectivity index (χ0n) is 12.0. The van der Waals surface area contributed by atoms with Gasteiger partial charge in [-0.3, -0.25) is 0 Å². The van der Waals surface area contributed by atoms with Gasteiger partial charge in [0.2, 0.25) is 0 Å². The van der Waals surface area contributed by atoms with Gasteiger partial charge in [0.15, 0.2) is 0 Å². The van der Waals surface area contributed by atoms with E-state index in [1.807, 2.05) is 0 Å². The molecular weight excluding hydrogens is 291 g/mol. The zero-order valence-corrected chi connectivity index (χ0v) is 12.7. The minimum atomic E-state index is -0.190. The highest BCUT2D eigenvalue weighted by Crippen LogP contribution is 2.51. The largest absolute Gasteiger partial charge is 0.490 e. The normalized spacial score (nSPS) is 34.8. The van der Waals surface area contributed by atoms with Crippen LogP contribution >= 0.6 is 11.6 Å². The number of rotatable bonds is 4. The summed E-state index contributed by atoms with van der Waals surface area (Å²) >= 11 is 6.35. The van der Waals surface area contributed by atoms with Gasteiger partial charge in [0, 0.05) is 29.9 Å². The first kappa shape index (κ1) is 13.8. The van der Waals surface area contributed by atoms with Crippen molar-refractivity contribution in [2.45, 2.75) is 44.3 Å². The molecule has 114 valence electrons. The molecule has 2 aliphatic heterocycles. The van der Waals surface area contributed by atoms with Gasteiger partial charge in [-0.05, 0) is 49.8 Å². The Morgan fingerprint density at radius 1 is 1.33 bits per heavy atom. The number of alkyl halides is 1. The Hall–Kier alpha value is -0.800. The average Bonchev–Trinajstić information content (AvgIpc) is 3.11. The van der Waals surface area contributed by atoms with Gasteiger partial charge in [-0.2, -0.15) is 0 Å². The van der Waals surface area contributed by atoms with Crippen LogP contribution in [0.5, 0.6) is 5.75 Å². The van der Waals surface area contributed by atoms with Crippen LogP contribution in [0, 0.1) is 17.2 Å². The molecular formula is C17H20ClFO2. The number of hydrogen-bond acceptors (Lipinski definition) is 2. The number of benzene rings is 1. The summed E-state index contributed by atoms with van der Waals surface area (Å²) in [5, 5.41) is 0.